The first-order valence-corrected chi connectivity index (χ1v) is 9.57. The van der Waals surface area contributed by atoms with Crippen molar-refractivity contribution in [2.24, 2.45) is 0 Å². The Labute approximate surface area is 170 Å². The Morgan fingerprint density at radius 2 is 1.76 bits per heavy atom. The van der Waals surface area contributed by atoms with E-state index in [1.807, 2.05) is 6.92 Å². The number of nitrogens with zero attached hydrogens (tertiary/aromatic N) is 1. The number of alkyl carbamates (subject to hydrolysis) is 1. The molecule has 164 valence electrons. The van der Waals surface area contributed by atoms with Gasteiger partial charge in [-0.2, -0.15) is 0 Å². The number of hydrogen-bond acceptors (Lipinski definition) is 9. The molecule has 0 aromatic carbocycles. The fourth-order valence-corrected chi connectivity index (χ4v) is 2.23. The first kappa shape index (κ1) is 24.3. The molecule has 1 atom stereocenters. The molecule has 1 N–H and O–H groups in total. The minimum Gasteiger partial charge on any atom is -0.475 e. The van der Waals surface area contributed by atoms with Crippen LogP contribution in [0, 0.1) is 0 Å². The van der Waals surface area contributed by atoms with Gasteiger partial charge in [0.1, 0.15) is 11.6 Å². The summed E-state index contributed by atoms with van der Waals surface area (Å²) in [6.07, 6.45) is -0.270. The Kier molecular flexibility index (Phi) is 9.43. The van der Waals surface area contributed by atoms with Crippen molar-refractivity contribution in [1.29, 1.82) is 0 Å². The number of hydrogen-bond donors (Lipinski definition) is 1. The fraction of sp³-hybridized carbons (Fsp3) is 0.684. The van der Waals surface area contributed by atoms with Crippen LogP contribution in [0.5, 0.6) is 5.88 Å². The van der Waals surface area contributed by atoms with Crippen molar-refractivity contribution >= 4 is 18.0 Å². The molecule has 1 aromatic rings. The quantitative estimate of drug-likeness (QED) is 0.454. The second kappa shape index (κ2) is 11.3. The maximum atomic E-state index is 12.4. The van der Waals surface area contributed by atoms with Crippen LogP contribution in [0.2, 0.25) is 0 Å². The van der Waals surface area contributed by atoms with E-state index in [0.717, 1.165) is 0 Å². The highest BCUT2D eigenvalue weighted by molar-refractivity contribution is 5.89. The van der Waals surface area contributed by atoms with E-state index in [1.54, 1.807) is 34.6 Å². The van der Waals surface area contributed by atoms with Crippen LogP contribution < -0.4 is 10.1 Å². The third-order valence-corrected chi connectivity index (χ3v) is 3.33. The first-order valence-electron chi connectivity index (χ1n) is 9.57. The van der Waals surface area contributed by atoms with E-state index in [4.69, 9.17) is 23.5 Å². The van der Waals surface area contributed by atoms with Gasteiger partial charge in [-0.1, -0.05) is 6.92 Å². The number of amides is 1. The number of esters is 2. The predicted molar refractivity (Wildman–Crippen MR) is 102 cm³/mol. The molecule has 1 heterocycles. The monoisotopic (exact) mass is 414 g/mol. The van der Waals surface area contributed by atoms with Crippen molar-refractivity contribution in [3.63, 3.8) is 0 Å². The van der Waals surface area contributed by atoms with E-state index in [9.17, 15) is 14.4 Å². The molecule has 0 spiro atoms. The molecular weight excluding hydrogens is 384 g/mol. The lowest BCUT2D eigenvalue weighted by Gasteiger charge is -2.22. The van der Waals surface area contributed by atoms with Crippen molar-refractivity contribution in [1.82, 2.24) is 10.5 Å². The van der Waals surface area contributed by atoms with Crippen LogP contribution in [0.3, 0.4) is 0 Å². The molecule has 0 radical (unpaired) electrons. The third kappa shape index (κ3) is 8.00. The standard InChI is InChI=1S/C19H30N2O8/c1-7-10-27-15-12(14(29-21-15)17(23)26-9-3)11-13(16(22)25-8-2)20-18(24)28-19(4,5)6/h13H,7-11H2,1-6H3,(H,20,24). The number of carbonyl (C=O) groups is 3. The van der Waals surface area contributed by atoms with Gasteiger partial charge in [0.15, 0.2) is 0 Å². The summed E-state index contributed by atoms with van der Waals surface area (Å²) in [5, 5.41) is 6.22. The SMILES string of the molecule is CCCOc1noc(C(=O)OCC)c1CC(NC(=O)OC(C)(C)C)C(=O)OCC. The molecule has 1 amide bonds. The van der Waals surface area contributed by atoms with Gasteiger partial charge < -0.3 is 28.8 Å². The Bertz CT molecular complexity index is 693. The molecule has 0 aliphatic rings. The van der Waals surface area contributed by atoms with Crippen molar-refractivity contribution in [3.8, 4) is 5.88 Å². The summed E-state index contributed by atoms with van der Waals surface area (Å²) >= 11 is 0. The van der Waals surface area contributed by atoms with Gasteiger partial charge in [-0.05, 0) is 46.2 Å². The molecule has 1 aromatic heterocycles. The minimum absolute atomic E-state index is 0.0511. The summed E-state index contributed by atoms with van der Waals surface area (Å²) in [5.41, 5.74) is -0.558. The third-order valence-electron chi connectivity index (χ3n) is 3.33. The lowest BCUT2D eigenvalue weighted by Crippen LogP contribution is -2.45. The maximum Gasteiger partial charge on any atom is 0.408 e. The van der Waals surface area contributed by atoms with Crippen LogP contribution in [0.1, 0.15) is 64.1 Å². The Morgan fingerprint density at radius 3 is 2.31 bits per heavy atom. The fourth-order valence-electron chi connectivity index (χ4n) is 2.23. The van der Waals surface area contributed by atoms with Gasteiger partial charge >= 0.3 is 18.0 Å². The molecule has 10 nitrogen and oxygen atoms in total. The Balaban J connectivity index is 3.17. The lowest BCUT2D eigenvalue weighted by molar-refractivity contribution is -0.145. The van der Waals surface area contributed by atoms with E-state index in [2.05, 4.69) is 10.5 Å². The van der Waals surface area contributed by atoms with E-state index in [-0.39, 0.29) is 36.8 Å². The Hall–Kier alpha value is -2.78. The lowest BCUT2D eigenvalue weighted by atomic mass is 10.1. The van der Waals surface area contributed by atoms with Gasteiger partial charge in [-0.15, -0.1) is 0 Å². The summed E-state index contributed by atoms with van der Waals surface area (Å²) in [6, 6.07) is -1.15. The molecule has 0 bridgehead atoms. The molecule has 29 heavy (non-hydrogen) atoms. The smallest absolute Gasteiger partial charge is 0.408 e. The summed E-state index contributed by atoms with van der Waals surface area (Å²) in [6.45, 7) is 10.8. The van der Waals surface area contributed by atoms with Gasteiger partial charge in [-0.3, -0.25) is 0 Å². The maximum absolute atomic E-state index is 12.4. The summed E-state index contributed by atoms with van der Waals surface area (Å²) in [4.78, 5) is 36.8. The van der Waals surface area contributed by atoms with Crippen LogP contribution in [0.4, 0.5) is 4.79 Å². The van der Waals surface area contributed by atoms with Crippen LogP contribution in [0.15, 0.2) is 4.52 Å². The summed E-state index contributed by atoms with van der Waals surface area (Å²) in [5.74, 6) is -1.59. The second-order valence-corrected chi connectivity index (χ2v) is 7.02. The number of nitrogens with one attached hydrogen (secondary N) is 1. The van der Waals surface area contributed by atoms with Crippen LogP contribution in [-0.4, -0.2) is 54.7 Å². The topological polar surface area (TPSA) is 126 Å². The normalized spacial score (nSPS) is 12.1. The van der Waals surface area contributed by atoms with Gasteiger partial charge in [0.2, 0.25) is 0 Å². The zero-order valence-electron chi connectivity index (χ0n) is 17.8. The van der Waals surface area contributed by atoms with Gasteiger partial charge in [0.25, 0.3) is 11.6 Å². The molecular formula is C19H30N2O8. The zero-order valence-corrected chi connectivity index (χ0v) is 17.8. The van der Waals surface area contributed by atoms with Crippen molar-refractivity contribution in [2.45, 2.75) is 66.0 Å². The van der Waals surface area contributed by atoms with E-state index in [1.165, 1.54) is 0 Å². The molecule has 0 aliphatic heterocycles. The highest BCUT2D eigenvalue weighted by atomic mass is 16.6. The van der Waals surface area contributed by atoms with E-state index < -0.39 is 29.7 Å². The van der Waals surface area contributed by atoms with Crippen molar-refractivity contribution in [3.05, 3.63) is 11.3 Å². The van der Waals surface area contributed by atoms with Gasteiger partial charge in [0, 0.05) is 6.42 Å². The number of carbonyl (C=O) groups excluding carboxylic acids is 3. The number of ether oxygens (including phenoxy) is 4. The van der Waals surface area contributed by atoms with Crippen LogP contribution in [-0.2, 0) is 25.4 Å². The average molecular weight is 414 g/mol. The van der Waals surface area contributed by atoms with E-state index >= 15 is 0 Å². The second-order valence-electron chi connectivity index (χ2n) is 7.02. The molecule has 10 heteroatoms. The van der Waals surface area contributed by atoms with Crippen molar-refractivity contribution < 1.29 is 37.9 Å². The number of aromatic nitrogens is 1. The largest absolute Gasteiger partial charge is 0.475 e. The molecule has 0 fully saturated rings. The van der Waals surface area contributed by atoms with Crippen LogP contribution >= 0.6 is 0 Å². The number of rotatable bonds is 10. The van der Waals surface area contributed by atoms with E-state index in [0.29, 0.717) is 13.0 Å². The van der Waals surface area contributed by atoms with Crippen LogP contribution in [0.25, 0.3) is 0 Å². The van der Waals surface area contributed by atoms with Crippen molar-refractivity contribution in [2.75, 3.05) is 19.8 Å². The Morgan fingerprint density at radius 1 is 1.10 bits per heavy atom. The summed E-state index contributed by atoms with van der Waals surface area (Å²) < 4.78 is 25.8. The highest BCUT2D eigenvalue weighted by Gasteiger charge is 2.32. The van der Waals surface area contributed by atoms with Gasteiger partial charge in [0.05, 0.1) is 25.4 Å². The predicted octanol–water partition coefficient (Wildman–Crippen LogP) is 2.64. The molecule has 0 saturated carbocycles. The molecule has 1 unspecified atom stereocenters. The molecule has 0 aliphatic carbocycles. The van der Waals surface area contributed by atoms with Gasteiger partial charge in [-0.25, -0.2) is 14.4 Å². The minimum atomic E-state index is -1.15. The first-order chi connectivity index (χ1) is 13.6. The molecule has 1 rings (SSSR count). The molecule has 0 saturated heterocycles. The zero-order chi connectivity index (χ0) is 22.0. The summed E-state index contributed by atoms with van der Waals surface area (Å²) in [7, 11) is 0. The highest BCUT2D eigenvalue weighted by Crippen LogP contribution is 2.25. The average Bonchev–Trinajstić information content (AvgIpc) is 3.00.